The summed E-state index contributed by atoms with van der Waals surface area (Å²) in [6, 6.07) is 9.05. The second kappa shape index (κ2) is 6.67. The minimum absolute atomic E-state index is 0.00159. The normalized spacial score (nSPS) is 19.9. The first-order valence-electron chi connectivity index (χ1n) is 6.97. The molecule has 2 rings (SSSR count). The van der Waals surface area contributed by atoms with Gasteiger partial charge in [0.1, 0.15) is 0 Å². The SMILES string of the molecule is CC1CCN(S(=O)(=O)NCC(O)c2ccccc2)CC1. The van der Waals surface area contributed by atoms with Gasteiger partial charge in [-0.15, -0.1) is 0 Å². The van der Waals surface area contributed by atoms with Gasteiger partial charge in [0.25, 0.3) is 10.2 Å². The molecule has 112 valence electrons. The summed E-state index contributed by atoms with van der Waals surface area (Å²) < 4.78 is 28.2. The van der Waals surface area contributed by atoms with Crippen LogP contribution < -0.4 is 4.72 Å². The van der Waals surface area contributed by atoms with Crippen molar-refractivity contribution in [3.63, 3.8) is 0 Å². The highest BCUT2D eigenvalue weighted by Crippen LogP contribution is 2.18. The molecule has 1 aliphatic heterocycles. The molecule has 6 heteroatoms. The predicted molar refractivity (Wildman–Crippen MR) is 78.3 cm³/mol. The van der Waals surface area contributed by atoms with Crippen LogP contribution in [0.1, 0.15) is 31.4 Å². The molecule has 0 saturated carbocycles. The number of rotatable bonds is 5. The zero-order chi connectivity index (χ0) is 14.6. The molecule has 1 heterocycles. The molecule has 0 radical (unpaired) electrons. The van der Waals surface area contributed by atoms with E-state index in [2.05, 4.69) is 11.6 Å². The van der Waals surface area contributed by atoms with Crippen LogP contribution in [0.25, 0.3) is 0 Å². The molecule has 1 aromatic carbocycles. The smallest absolute Gasteiger partial charge is 0.279 e. The first-order chi connectivity index (χ1) is 9.49. The van der Waals surface area contributed by atoms with E-state index in [1.54, 1.807) is 12.1 Å². The van der Waals surface area contributed by atoms with Crippen molar-refractivity contribution in [2.75, 3.05) is 19.6 Å². The summed E-state index contributed by atoms with van der Waals surface area (Å²) >= 11 is 0. The molecule has 5 nitrogen and oxygen atoms in total. The first-order valence-corrected chi connectivity index (χ1v) is 8.41. The number of hydrogen-bond donors (Lipinski definition) is 2. The Bertz CT molecular complexity index is 510. The van der Waals surface area contributed by atoms with Crippen molar-refractivity contribution in [1.82, 2.24) is 9.03 Å². The molecular formula is C14H22N2O3S. The molecule has 0 amide bonds. The summed E-state index contributed by atoms with van der Waals surface area (Å²) in [7, 11) is -3.49. The second-order valence-corrected chi connectivity index (χ2v) is 7.12. The van der Waals surface area contributed by atoms with Gasteiger partial charge in [0.15, 0.2) is 0 Å². The third-order valence-corrected chi connectivity index (χ3v) is 5.30. The fourth-order valence-electron chi connectivity index (χ4n) is 2.29. The standard InChI is InChI=1S/C14H22N2O3S/c1-12-7-9-16(10-8-12)20(18,19)15-11-14(17)13-5-3-2-4-6-13/h2-6,12,14-15,17H,7-11H2,1H3. The van der Waals surface area contributed by atoms with Crippen molar-refractivity contribution in [3.8, 4) is 0 Å². The van der Waals surface area contributed by atoms with E-state index in [9.17, 15) is 13.5 Å². The van der Waals surface area contributed by atoms with Crippen molar-refractivity contribution in [2.24, 2.45) is 5.92 Å². The van der Waals surface area contributed by atoms with Gasteiger partial charge in [-0.05, 0) is 24.3 Å². The summed E-state index contributed by atoms with van der Waals surface area (Å²) in [5.74, 6) is 0.580. The first kappa shape index (κ1) is 15.4. The van der Waals surface area contributed by atoms with Crippen LogP contribution in [0.5, 0.6) is 0 Å². The Morgan fingerprint density at radius 1 is 1.30 bits per heavy atom. The van der Waals surface area contributed by atoms with Crippen LogP contribution in [0.4, 0.5) is 0 Å². The fourth-order valence-corrected chi connectivity index (χ4v) is 3.54. The fraction of sp³-hybridized carbons (Fsp3) is 0.571. The van der Waals surface area contributed by atoms with Gasteiger partial charge >= 0.3 is 0 Å². The molecule has 0 bridgehead atoms. The number of benzene rings is 1. The van der Waals surface area contributed by atoms with Gasteiger partial charge in [-0.25, -0.2) is 0 Å². The van der Waals surface area contributed by atoms with Crippen molar-refractivity contribution in [3.05, 3.63) is 35.9 Å². The van der Waals surface area contributed by atoms with Crippen molar-refractivity contribution in [2.45, 2.75) is 25.9 Å². The average Bonchev–Trinajstić information content (AvgIpc) is 2.46. The van der Waals surface area contributed by atoms with Crippen LogP contribution in [0, 0.1) is 5.92 Å². The molecule has 1 atom stereocenters. The van der Waals surface area contributed by atoms with E-state index in [0.29, 0.717) is 24.6 Å². The number of nitrogens with zero attached hydrogens (tertiary/aromatic N) is 1. The molecule has 20 heavy (non-hydrogen) atoms. The molecule has 0 aromatic heterocycles. The maximum Gasteiger partial charge on any atom is 0.279 e. The molecule has 0 spiro atoms. The molecular weight excluding hydrogens is 276 g/mol. The lowest BCUT2D eigenvalue weighted by Crippen LogP contribution is -2.45. The molecule has 1 fully saturated rings. The lowest BCUT2D eigenvalue weighted by Gasteiger charge is -2.29. The Morgan fingerprint density at radius 3 is 2.50 bits per heavy atom. The summed E-state index contributed by atoms with van der Waals surface area (Å²) in [5, 5.41) is 9.98. The van der Waals surface area contributed by atoms with Crippen LogP contribution in [-0.2, 0) is 10.2 Å². The third kappa shape index (κ3) is 4.02. The molecule has 1 unspecified atom stereocenters. The van der Waals surface area contributed by atoms with E-state index in [-0.39, 0.29) is 6.54 Å². The van der Waals surface area contributed by atoms with E-state index in [1.165, 1.54) is 4.31 Å². The monoisotopic (exact) mass is 298 g/mol. The van der Waals surface area contributed by atoms with Crippen LogP contribution in [0.2, 0.25) is 0 Å². The largest absolute Gasteiger partial charge is 0.387 e. The summed E-state index contributed by atoms with van der Waals surface area (Å²) in [6.07, 6.45) is 0.958. The minimum Gasteiger partial charge on any atom is -0.387 e. The highest BCUT2D eigenvalue weighted by Gasteiger charge is 2.26. The lowest BCUT2D eigenvalue weighted by atomic mass is 10.0. The van der Waals surface area contributed by atoms with Gasteiger partial charge in [0, 0.05) is 19.6 Å². The second-order valence-electron chi connectivity index (χ2n) is 5.36. The predicted octanol–water partition coefficient (Wildman–Crippen LogP) is 1.29. The van der Waals surface area contributed by atoms with Crippen LogP contribution in [-0.4, -0.2) is 37.5 Å². The highest BCUT2D eigenvalue weighted by molar-refractivity contribution is 7.87. The molecule has 1 aromatic rings. The lowest BCUT2D eigenvalue weighted by molar-refractivity contribution is 0.180. The van der Waals surface area contributed by atoms with Gasteiger partial charge in [0.05, 0.1) is 6.10 Å². The van der Waals surface area contributed by atoms with E-state index in [0.717, 1.165) is 12.8 Å². The van der Waals surface area contributed by atoms with E-state index in [1.807, 2.05) is 18.2 Å². The molecule has 1 aliphatic rings. The Morgan fingerprint density at radius 2 is 1.90 bits per heavy atom. The number of hydrogen-bond acceptors (Lipinski definition) is 3. The summed E-state index contributed by atoms with van der Waals surface area (Å²) in [5.41, 5.74) is 0.711. The third-order valence-electron chi connectivity index (χ3n) is 3.73. The van der Waals surface area contributed by atoms with E-state index in [4.69, 9.17) is 0 Å². The number of nitrogens with one attached hydrogen (secondary N) is 1. The van der Waals surface area contributed by atoms with Crippen molar-refractivity contribution in [1.29, 1.82) is 0 Å². The van der Waals surface area contributed by atoms with E-state index >= 15 is 0 Å². The van der Waals surface area contributed by atoms with Crippen molar-refractivity contribution >= 4 is 10.2 Å². The summed E-state index contributed by atoms with van der Waals surface area (Å²) in [4.78, 5) is 0. The molecule has 2 N–H and O–H groups in total. The Balaban J connectivity index is 1.89. The maximum absolute atomic E-state index is 12.1. The van der Waals surface area contributed by atoms with Crippen molar-refractivity contribution < 1.29 is 13.5 Å². The molecule has 1 saturated heterocycles. The average molecular weight is 298 g/mol. The van der Waals surface area contributed by atoms with Gasteiger partial charge in [-0.2, -0.15) is 17.4 Å². The van der Waals surface area contributed by atoms with Gasteiger partial charge in [-0.1, -0.05) is 37.3 Å². The Kier molecular flexibility index (Phi) is 5.15. The molecule has 0 aliphatic carbocycles. The zero-order valence-electron chi connectivity index (χ0n) is 11.7. The number of aliphatic hydroxyl groups is 1. The van der Waals surface area contributed by atoms with E-state index < -0.39 is 16.3 Å². The van der Waals surface area contributed by atoms with Crippen LogP contribution >= 0.6 is 0 Å². The topological polar surface area (TPSA) is 69.6 Å². The van der Waals surface area contributed by atoms with Gasteiger partial charge in [-0.3, -0.25) is 0 Å². The van der Waals surface area contributed by atoms with Gasteiger partial charge < -0.3 is 5.11 Å². The quantitative estimate of drug-likeness (QED) is 0.860. The summed E-state index contributed by atoms with van der Waals surface area (Å²) in [6.45, 7) is 3.24. The Labute approximate surface area is 120 Å². The maximum atomic E-state index is 12.1. The van der Waals surface area contributed by atoms with Crippen LogP contribution in [0.3, 0.4) is 0 Å². The zero-order valence-corrected chi connectivity index (χ0v) is 12.5. The number of aliphatic hydroxyl groups excluding tert-OH is 1. The van der Waals surface area contributed by atoms with Crippen LogP contribution in [0.15, 0.2) is 30.3 Å². The Hall–Kier alpha value is -0.950. The van der Waals surface area contributed by atoms with Gasteiger partial charge in [0.2, 0.25) is 0 Å². The minimum atomic E-state index is -3.49. The highest BCUT2D eigenvalue weighted by atomic mass is 32.2. The number of piperidine rings is 1.